The summed E-state index contributed by atoms with van der Waals surface area (Å²) in [5, 5.41) is 0. The molecule has 0 aliphatic heterocycles. The molecule has 0 aliphatic carbocycles. The lowest BCUT2D eigenvalue weighted by Crippen LogP contribution is -2.16. The smallest absolute Gasteiger partial charge is 0.214 e. The summed E-state index contributed by atoms with van der Waals surface area (Å²) in [5.74, 6) is 9.33. The second-order valence-electron chi connectivity index (χ2n) is 5.89. The molecule has 0 amide bonds. The third-order valence-electron chi connectivity index (χ3n) is 2.64. The van der Waals surface area contributed by atoms with E-state index in [0.29, 0.717) is 18.2 Å². The first-order valence-corrected chi connectivity index (χ1v) is 10.7. The van der Waals surface area contributed by atoms with Crippen LogP contribution in [0.25, 0.3) is 0 Å². The van der Waals surface area contributed by atoms with E-state index in [0.717, 1.165) is 5.56 Å². The van der Waals surface area contributed by atoms with Gasteiger partial charge in [0.05, 0.1) is 0 Å². The molecule has 2 nitrogen and oxygen atoms in total. The fourth-order valence-electron chi connectivity index (χ4n) is 1.61. The SMILES string of the molecule is C[Si](C)(C)C#CC#Cc1cccc(OCc2ccccc2)n1. The lowest BCUT2D eigenvalue weighted by molar-refractivity contribution is 0.293. The van der Waals surface area contributed by atoms with Crippen molar-refractivity contribution in [1.82, 2.24) is 4.98 Å². The number of hydrogen-bond acceptors (Lipinski definition) is 2. The van der Waals surface area contributed by atoms with Crippen LogP contribution in [0.1, 0.15) is 11.3 Å². The van der Waals surface area contributed by atoms with Crippen LogP contribution >= 0.6 is 0 Å². The number of aromatic nitrogens is 1. The summed E-state index contributed by atoms with van der Waals surface area (Å²) in [5.41, 5.74) is 5.00. The van der Waals surface area contributed by atoms with Gasteiger partial charge in [-0.2, -0.15) is 0 Å². The maximum absolute atomic E-state index is 5.69. The van der Waals surface area contributed by atoms with Crippen LogP contribution in [0, 0.1) is 23.3 Å². The second-order valence-corrected chi connectivity index (χ2v) is 10.6. The molecule has 0 saturated heterocycles. The average Bonchev–Trinajstić information content (AvgIpc) is 2.50. The van der Waals surface area contributed by atoms with Crippen molar-refractivity contribution in [2.45, 2.75) is 26.2 Å². The highest BCUT2D eigenvalue weighted by atomic mass is 28.3. The predicted octanol–water partition coefficient (Wildman–Crippen LogP) is 3.89. The molecule has 22 heavy (non-hydrogen) atoms. The van der Waals surface area contributed by atoms with Crippen molar-refractivity contribution in [3.63, 3.8) is 0 Å². The minimum absolute atomic E-state index is 0.500. The van der Waals surface area contributed by atoms with Crippen molar-refractivity contribution in [2.24, 2.45) is 0 Å². The molecular formula is C19H19NOSi. The molecule has 2 aromatic rings. The summed E-state index contributed by atoms with van der Waals surface area (Å²) < 4.78 is 5.69. The Labute approximate surface area is 133 Å². The van der Waals surface area contributed by atoms with E-state index in [9.17, 15) is 0 Å². The highest BCUT2D eigenvalue weighted by molar-refractivity contribution is 6.83. The summed E-state index contributed by atoms with van der Waals surface area (Å²) in [6.07, 6.45) is 0. The van der Waals surface area contributed by atoms with Gasteiger partial charge in [0.25, 0.3) is 0 Å². The number of rotatable bonds is 3. The summed E-state index contributed by atoms with van der Waals surface area (Å²) in [6, 6.07) is 15.6. The maximum Gasteiger partial charge on any atom is 0.214 e. The molecule has 0 atom stereocenters. The van der Waals surface area contributed by atoms with Gasteiger partial charge in [0.15, 0.2) is 0 Å². The van der Waals surface area contributed by atoms with E-state index < -0.39 is 8.07 Å². The van der Waals surface area contributed by atoms with Crippen molar-refractivity contribution in [1.29, 1.82) is 0 Å². The molecule has 0 aliphatic rings. The van der Waals surface area contributed by atoms with Crippen LogP contribution in [-0.2, 0) is 6.61 Å². The first-order valence-electron chi connectivity index (χ1n) is 7.20. The van der Waals surface area contributed by atoms with Crippen LogP contribution in [0.2, 0.25) is 19.6 Å². The molecule has 1 heterocycles. The number of benzene rings is 1. The van der Waals surface area contributed by atoms with Crippen LogP contribution in [0.4, 0.5) is 0 Å². The molecule has 0 fully saturated rings. The quantitative estimate of drug-likeness (QED) is 0.634. The Balaban J connectivity index is 2.01. The normalized spacial score (nSPS) is 9.95. The van der Waals surface area contributed by atoms with Gasteiger partial charge in [-0.15, -0.1) is 5.54 Å². The molecule has 1 aromatic heterocycles. The Morgan fingerprint density at radius 2 is 1.73 bits per heavy atom. The van der Waals surface area contributed by atoms with Crippen LogP contribution in [0.15, 0.2) is 48.5 Å². The average molecular weight is 305 g/mol. The van der Waals surface area contributed by atoms with Crippen LogP contribution < -0.4 is 4.74 Å². The van der Waals surface area contributed by atoms with Gasteiger partial charge in [-0.05, 0) is 29.4 Å². The molecule has 0 unspecified atom stereocenters. The Morgan fingerprint density at radius 1 is 0.955 bits per heavy atom. The highest BCUT2D eigenvalue weighted by Crippen LogP contribution is 2.10. The molecule has 2 rings (SSSR count). The number of pyridine rings is 1. The highest BCUT2D eigenvalue weighted by Gasteiger charge is 2.06. The zero-order chi connectivity index (χ0) is 15.8. The molecule has 3 heteroatoms. The molecule has 1 aromatic carbocycles. The maximum atomic E-state index is 5.69. The van der Waals surface area contributed by atoms with Crippen LogP contribution in [0.5, 0.6) is 5.88 Å². The number of ether oxygens (including phenoxy) is 1. The zero-order valence-corrected chi connectivity index (χ0v) is 14.2. The minimum Gasteiger partial charge on any atom is -0.473 e. The van der Waals surface area contributed by atoms with E-state index in [1.54, 1.807) is 0 Å². The zero-order valence-electron chi connectivity index (χ0n) is 13.2. The molecule has 0 radical (unpaired) electrons. The van der Waals surface area contributed by atoms with Crippen LogP contribution in [-0.4, -0.2) is 13.1 Å². The molecule has 0 saturated carbocycles. The van der Waals surface area contributed by atoms with Gasteiger partial charge in [0, 0.05) is 6.07 Å². The lowest BCUT2D eigenvalue weighted by Gasteiger charge is -2.05. The largest absolute Gasteiger partial charge is 0.473 e. The fraction of sp³-hybridized carbons (Fsp3) is 0.211. The monoisotopic (exact) mass is 305 g/mol. The third-order valence-corrected chi connectivity index (χ3v) is 3.52. The van der Waals surface area contributed by atoms with E-state index in [2.05, 4.69) is 47.9 Å². The van der Waals surface area contributed by atoms with Gasteiger partial charge in [-0.1, -0.05) is 56.0 Å². The van der Waals surface area contributed by atoms with Gasteiger partial charge in [-0.3, -0.25) is 0 Å². The standard InChI is InChI=1S/C19H19NOSi/c1-22(2,3)15-8-7-12-18-13-9-14-19(20-18)21-16-17-10-5-4-6-11-17/h4-6,9-11,13-14H,16H2,1-3H3. The minimum atomic E-state index is -1.37. The van der Waals surface area contributed by atoms with E-state index >= 15 is 0 Å². The third kappa shape index (κ3) is 5.87. The van der Waals surface area contributed by atoms with Gasteiger partial charge >= 0.3 is 0 Å². The lowest BCUT2D eigenvalue weighted by atomic mass is 10.2. The van der Waals surface area contributed by atoms with Crippen molar-refractivity contribution in [3.8, 4) is 29.2 Å². The Kier molecular flexibility index (Phi) is 5.41. The Hall–Kier alpha value is -2.49. The van der Waals surface area contributed by atoms with E-state index in [-0.39, 0.29) is 0 Å². The van der Waals surface area contributed by atoms with Gasteiger partial charge in [0.1, 0.15) is 20.4 Å². The van der Waals surface area contributed by atoms with E-state index in [1.165, 1.54) is 0 Å². The molecule has 0 spiro atoms. The van der Waals surface area contributed by atoms with Gasteiger partial charge in [-0.25, -0.2) is 4.98 Å². The summed E-state index contributed by atoms with van der Waals surface area (Å²) in [4.78, 5) is 4.37. The van der Waals surface area contributed by atoms with E-state index in [4.69, 9.17) is 4.74 Å². The summed E-state index contributed by atoms with van der Waals surface area (Å²) >= 11 is 0. The fourth-order valence-corrected chi connectivity index (χ4v) is 2.05. The molecule has 0 N–H and O–H groups in total. The summed E-state index contributed by atoms with van der Waals surface area (Å²) in [6.45, 7) is 7.08. The van der Waals surface area contributed by atoms with Crippen molar-refractivity contribution >= 4 is 8.07 Å². The number of nitrogens with zero attached hydrogens (tertiary/aromatic N) is 1. The van der Waals surface area contributed by atoms with Crippen molar-refractivity contribution in [3.05, 3.63) is 59.8 Å². The van der Waals surface area contributed by atoms with Gasteiger partial charge < -0.3 is 4.74 Å². The summed E-state index contributed by atoms with van der Waals surface area (Å²) in [7, 11) is -1.37. The van der Waals surface area contributed by atoms with Crippen LogP contribution in [0.3, 0.4) is 0 Å². The Bertz CT molecular complexity index is 740. The topological polar surface area (TPSA) is 22.1 Å². The van der Waals surface area contributed by atoms with Crippen molar-refractivity contribution < 1.29 is 4.74 Å². The molecule has 110 valence electrons. The first kappa shape index (κ1) is 15.9. The molecular weight excluding hydrogens is 286 g/mol. The molecule has 0 bridgehead atoms. The van der Waals surface area contributed by atoms with E-state index in [1.807, 2.05) is 48.5 Å². The number of hydrogen-bond donors (Lipinski definition) is 0. The second kappa shape index (κ2) is 7.50. The van der Waals surface area contributed by atoms with Crippen molar-refractivity contribution in [2.75, 3.05) is 0 Å². The Morgan fingerprint density at radius 3 is 2.45 bits per heavy atom. The predicted molar refractivity (Wildman–Crippen MR) is 93.0 cm³/mol. The van der Waals surface area contributed by atoms with Gasteiger partial charge in [0.2, 0.25) is 5.88 Å². The first-order chi connectivity index (χ1) is 10.5.